The molecule has 4 N–H and O–H groups in total. The van der Waals surface area contributed by atoms with E-state index in [4.69, 9.17) is 20.7 Å². The Kier molecular flexibility index (Phi) is 2.06. The molecule has 0 spiro atoms. The van der Waals surface area contributed by atoms with Gasteiger partial charge in [0.2, 0.25) is 5.67 Å². The SMILES string of the molecule is CO[C@H]1C[C@@H]2[C@H]([C@]1(N)C(=O)O)[C@@]2(F)C(=O)O. The summed E-state index contributed by atoms with van der Waals surface area (Å²) in [7, 11) is 1.28. The molecule has 0 aliphatic heterocycles. The largest absolute Gasteiger partial charge is 0.480 e. The van der Waals surface area contributed by atoms with Crippen LogP contribution in [0, 0.1) is 11.8 Å². The minimum absolute atomic E-state index is 0.0206. The van der Waals surface area contributed by atoms with Crippen LogP contribution in [0.1, 0.15) is 6.42 Å². The second-order valence-corrected chi connectivity index (χ2v) is 4.36. The van der Waals surface area contributed by atoms with Crippen LogP contribution in [-0.2, 0) is 14.3 Å². The predicted octanol–water partition coefficient (Wildman–Crippen LogP) is -0.774. The van der Waals surface area contributed by atoms with Crippen molar-refractivity contribution in [2.45, 2.75) is 23.7 Å². The molecule has 2 aliphatic rings. The highest BCUT2D eigenvalue weighted by atomic mass is 19.1. The number of nitrogens with two attached hydrogens (primary N) is 1. The molecule has 0 saturated heterocycles. The highest BCUT2D eigenvalue weighted by Crippen LogP contribution is 2.66. The van der Waals surface area contributed by atoms with Crippen LogP contribution in [0.15, 0.2) is 0 Å². The summed E-state index contributed by atoms with van der Waals surface area (Å²) < 4.78 is 18.8. The lowest BCUT2D eigenvalue weighted by molar-refractivity contribution is -0.154. The van der Waals surface area contributed by atoms with Gasteiger partial charge in [-0.3, -0.25) is 4.79 Å². The van der Waals surface area contributed by atoms with Crippen LogP contribution in [0.25, 0.3) is 0 Å². The molecular weight excluding hydrogens is 221 g/mol. The zero-order valence-electron chi connectivity index (χ0n) is 8.51. The van der Waals surface area contributed by atoms with Gasteiger partial charge in [-0.25, -0.2) is 9.18 Å². The Hall–Kier alpha value is -1.21. The van der Waals surface area contributed by atoms with Gasteiger partial charge in [0.1, 0.15) is 5.54 Å². The quantitative estimate of drug-likeness (QED) is 0.590. The molecule has 0 heterocycles. The van der Waals surface area contributed by atoms with Crippen LogP contribution in [0.3, 0.4) is 0 Å². The van der Waals surface area contributed by atoms with Crippen molar-refractivity contribution in [1.82, 2.24) is 0 Å². The molecule has 0 radical (unpaired) electrons. The van der Waals surface area contributed by atoms with Gasteiger partial charge < -0.3 is 20.7 Å². The van der Waals surface area contributed by atoms with E-state index in [1.807, 2.05) is 0 Å². The smallest absolute Gasteiger partial charge is 0.342 e. The van der Waals surface area contributed by atoms with E-state index in [0.717, 1.165) is 0 Å². The van der Waals surface area contributed by atoms with Crippen molar-refractivity contribution < 1.29 is 28.9 Å². The molecule has 90 valence electrons. The minimum Gasteiger partial charge on any atom is -0.480 e. The van der Waals surface area contributed by atoms with Gasteiger partial charge in [0.05, 0.1) is 6.10 Å². The number of alkyl halides is 1. The molecule has 0 aromatic heterocycles. The van der Waals surface area contributed by atoms with Gasteiger partial charge in [-0.15, -0.1) is 0 Å². The molecule has 6 nitrogen and oxygen atoms in total. The molecule has 2 rings (SSSR count). The molecule has 5 atom stereocenters. The van der Waals surface area contributed by atoms with Gasteiger partial charge in [-0.2, -0.15) is 0 Å². The average molecular weight is 233 g/mol. The Morgan fingerprint density at radius 3 is 2.38 bits per heavy atom. The Labute approximate surface area is 90.2 Å². The molecule has 7 heteroatoms. The molecule has 0 aromatic carbocycles. The van der Waals surface area contributed by atoms with Crippen LogP contribution in [0.2, 0.25) is 0 Å². The van der Waals surface area contributed by atoms with Crippen LogP contribution in [0.5, 0.6) is 0 Å². The van der Waals surface area contributed by atoms with Crippen LogP contribution >= 0.6 is 0 Å². The molecule has 0 aromatic rings. The van der Waals surface area contributed by atoms with Gasteiger partial charge in [0, 0.05) is 18.9 Å². The summed E-state index contributed by atoms with van der Waals surface area (Å²) in [5.41, 5.74) is 1.16. The number of aliphatic carboxylic acids is 2. The van der Waals surface area contributed by atoms with E-state index < -0.39 is 41.1 Å². The fourth-order valence-corrected chi connectivity index (χ4v) is 2.89. The van der Waals surface area contributed by atoms with Gasteiger partial charge in [-0.05, 0) is 6.42 Å². The summed E-state index contributed by atoms with van der Waals surface area (Å²) in [5, 5.41) is 17.7. The van der Waals surface area contributed by atoms with Gasteiger partial charge in [0.15, 0.2) is 0 Å². The molecule has 2 saturated carbocycles. The van der Waals surface area contributed by atoms with Crippen molar-refractivity contribution in [1.29, 1.82) is 0 Å². The third-order valence-corrected chi connectivity index (χ3v) is 3.78. The van der Waals surface area contributed by atoms with Crippen molar-refractivity contribution in [3.8, 4) is 0 Å². The van der Waals surface area contributed by atoms with Crippen LogP contribution in [-0.4, -0.2) is 46.6 Å². The number of fused-ring (bicyclic) bond motifs is 1. The number of carboxylic acid groups (broad SMARTS) is 2. The van der Waals surface area contributed by atoms with E-state index in [2.05, 4.69) is 0 Å². The van der Waals surface area contributed by atoms with Gasteiger partial charge in [-0.1, -0.05) is 0 Å². The molecule has 2 aliphatic carbocycles. The Morgan fingerprint density at radius 1 is 1.44 bits per heavy atom. The van der Waals surface area contributed by atoms with E-state index in [1.54, 1.807) is 0 Å². The first kappa shape index (κ1) is 11.3. The number of hydrogen-bond donors (Lipinski definition) is 3. The van der Waals surface area contributed by atoms with Crippen LogP contribution < -0.4 is 5.73 Å². The number of methoxy groups -OCH3 is 1. The Morgan fingerprint density at radius 2 is 2.00 bits per heavy atom. The van der Waals surface area contributed by atoms with Gasteiger partial charge in [0.25, 0.3) is 0 Å². The maximum atomic E-state index is 13.9. The lowest BCUT2D eigenvalue weighted by atomic mass is 9.88. The lowest BCUT2D eigenvalue weighted by Gasteiger charge is -2.30. The zero-order valence-corrected chi connectivity index (χ0v) is 8.51. The van der Waals surface area contributed by atoms with Crippen molar-refractivity contribution >= 4 is 11.9 Å². The summed E-state index contributed by atoms with van der Waals surface area (Å²) in [6.07, 6.45) is -0.824. The van der Waals surface area contributed by atoms with E-state index in [9.17, 15) is 14.0 Å². The van der Waals surface area contributed by atoms with Gasteiger partial charge >= 0.3 is 11.9 Å². The summed E-state index contributed by atoms with van der Waals surface area (Å²) in [6.45, 7) is 0. The standard InChI is InChI=1S/C9H12FNO5/c1-16-4-2-3-5(8(3,10)6(12)13)9(4,11)7(14)15/h3-5H,2,11H2,1H3,(H,12,13)(H,14,15)/t3-,4+,5+,8-,9+/m1/s1. The average Bonchev–Trinajstić information content (AvgIpc) is 2.65. The van der Waals surface area contributed by atoms with E-state index in [1.165, 1.54) is 7.11 Å². The first-order valence-corrected chi connectivity index (χ1v) is 4.78. The van der Waals surface area contributed by atoms with Crippen LogP contribution in [0.4, 0.5) is 4.39 Å². The Bertz CT molecular complexity index is 375. The topological polar surface area (TPSA) is 110 Å². The number of carboxylic acids is 2. The second-order valence-electron chi connectivity index (χ2n) is 4.36. The molecule has 0 amide bonds. The number of halogens is 1. The second kappa shape index (κ2) is 2.92. The van der Waals surface area contributed by atoms with E-state index in [-0.39, 0.29) is 6.42 Å². The highest BCUT2D eigenvalue weighted by Gasteiger charge is 2.85. The first-order chi connectivity index (χ1) is 7.31. The fraction of sp³-hybridized carbons (Fsp3) is 0.778. The number of carbonyl (C=O) groups is 2. The Balaban J connectivity index is 2.36. The molecular formula is C9H12FNO5. The number of hydrogen-bond acceptors (Lipinski definition) is 4. The van der Waals surface area contributed by atoms with Crippen molar-refractivity contribution in [3.63, 3.8) is 0 Å². The van der Waals surface area contributed by atoms with E-state index >= 15 is 0 Å². The lowest BCUT2D eigenvalue weighted by Crippen LogP contribution is -2.60. The molecule has 0 unspecified atom stereocenters. The summed E-state index contributed by atoms with van der Waals surface area (Å²) in [6, 6.07) is 0. The minimum atomic E-state index is -2.51. The zero-order chi connectivity index (χ0) is 12.3. The third-order valence-electron chi connectivity index (χ3n) is 3.78. The maximum absolute atomic E-state index is 13.9. The molecule has 2 fully saturated rings. The molecule has 16 heavy (non-hydrogen) atoms. The van der Waals surface area contributed by atoms with E-state index in [0.29, 0.717) is 0 Å². The number of ether oxygens (including phenoxy) is 1. The first-order valence-electron chi connectivity index (χ1n) is 4.78. The normalized spacial score (nSPS) is 49.8. The van der Waals surface area contributed by atoms with Crippen molar-refractivity contribution in [3.05, 3.63) is 0 Å². The number of rotatable bonds is 3. The molecule has 0 bridgehead atoms. The predicted molar refractivity (Wildman–Crippen MR) is 48.4 cm³/mol. The highest BCUT2D eigenvalue weighted by molar-refractivity contribution is 5.90. The monoisotopic (exact) mass is 233 g/mol. The summed E-state index contributed by atoms with van der Waals surface area (Å²) >= 11 is 0. The van der Waals surface area contributed by atoms with Crippen molar-refractivity contribution in [2.24, 2.45) is 17.6 Å². The summed E-state index contributed by atoms with van der Waals surface area (Å²) in [5.74, 6) is -5.14. The third kappa shape index (κ3) is 0.971. The fourth-order valence-electron chi connectivity index (χ4n) is 2.89. The maximum Gasteiger partial charge on any atom is 0.342 e. The summed E-state index contributed by atoms with van der Waals surface area (Å²) in [4.78, 5) is 21.8. The van der Waals surface area contributed by atoms with Crippen molar-refractivity contribution in [2.75, 3.05) is 7.11 Å².